The van der Waals surface area contributed by atoms with Gasteiger partial charge in [-0.2, -0.15) is 0 Å². The van der Waals surface area contributed by atoms with Gasteiger partial charge in [-0.25, -0.2) is 0 Å². The van der Waals surface area contributed by atoms with E-state index in [1.165, 1.54) is 5.56 Å². The molecule has 0 bridgehead atoms. The molecule has 0 aliphatic heterocycles. The standard InChI is InChI=1S/C13H23N3O/c1-10-9-15-8-6-11(10)12(16-14)5-7-13(2,3)17-4/h6,8-9,12,16H,5,7,14H2,1-4H3. The molecule has 17 heavy (non-hydrogen) atoms. The molecule has 0 aliphatic carbocycles. The molecule has 1 unspecified atom stereocenters. The van der Waals surface area contributed by atoms with Crippen LogP contribution >= 0.6 is 0 Å². The lowest BCUT2D eigenvalue weighted by Crippen LogP contribution is -2.31. The fourth-order valence-electron chi connectivity index (χ4n) is 1.80. The van der Waals surface area contributed by atoms with Gasteiger partial charge in [0.25, 0.3) is 0 Å². The van der Waals surface area contributed by atoms with Crippen molar-refractivity contribution in [3.8, 4) is 0 Å². The third-order valence-corrected chi connectivity index (χ3v) is 3.23. The molecule has 1 aromatic heterocycles. The van der Waals surface area contributed by atoms with Crippen LogP contribution in [0.2, 0.25) is 0 Å². The number of nitrogens with zero attached hydrogens (tertiary/aromatic N) is 1. The second kappa shape index (κ2) is 6.10. The van der Waals surface area contributed by atoms with Gasteiger partial charge in [-0.1, -0.05) is 0 Å². The Morgan fingerprint density at radius 3 is 2.76 bits per heavy atom. The number of nitrogens with two attached hydrogens (primary N) is 1. The monoisotopic (exact) mass is 237 g/mol. The highest BCUT2D eigenvalue weighted by Gasteiger charge is 2.20. The Bertz CT molecular complexity index is 352. The third-order valence-electron chi connectivity index (χ3n) is 3.23. The zero-order chi connectivity index (χ0) is 12.9. The maximum Gasteiger partial charge on any atom is 0.0623 e. The van der Waals surface area contributed by atoms with Gasteiger partial charge in [-0.3, -0.25) is 16.3 Å². The Labute approximate surface area is 104 Å². The van der Waals surface area contributed by atoms with Crippen LogP contribution in [0.3, 0.4) is 0 Å². The van der Waals surface area contributed by atoms with Crippen molar-refractivity contribution >= 4 is 0 Å². The van der Waals surface area contributed by atoms with Crippen LogP contribution in [0.15, 0.2) is 18.5 Å². The zero-order valence-electron chi connectivity index (χ0n) is 11.2. The average molecular weight is 237 g/mol. The number of hydrogen-bond donors (Lipinski definition) is 2. The molecule has 1 atom stereocenters. The lowest BCUT2D eigenvalue weighted by molar-refractivity contribution is 0.0116. The molecule has 0 aromatic carbocycles. The summed E-state index contributed by atoms with van der Waals surface area (Å²) in [6.45, 7) is 6.22. The number of ether oxygens (including phenoxy) is 1. The molecule has 0 saturated heterocycles. The minimum atomic E-state index is -0.115. The second-order valence-electron chi connectivity index (χ2n) is 4.95. The number of aryl methyl sites for hydroxylation is 1. The van der Waals surface area contributed by atoms with Crippen LogP contribution in [0.25, 0.3) is 0 Å². The number of aromatic nitrogens is 1. The first kappa shape index (κ1) is 14.1. The van der Waals surface area contributed by atoms with E-state index < -0.39 is 0 Å². The molecule has 4 heteroatoms. The lowest BCUT2D eigenvalue weighted by Gasteiger charge is -2.26. The summed E-state index contributed by atoms with van der Waals surface area (Å²) < 4.78 is 5.42. The van der Waals surface area contributed by atoms with E-state index in [-0.39, 0.29) is 11.6 Å². The average Bonchev–Trinajstić information content (AvgIpc) is 2.32. The molecule has 0 saturated carbocycles. The van der Waals surface area contributed by atoms with Crippen molar-refractivity contribution in [3.63, 3.8) is 0 Å². The summed E-state index contributed by atoms with van der Waals surface area (Å²) >= 11 is 0. The van der Waals surface area contributed by atoms with Gasteiger partial charge in [-0.15, -0.1) is 0 Å². The molecule has 96 valence electrons. The van der Waals surface area contributed by atoms with Gasteiger partial charge in [0, 0.05) is 25.5 Å². The van der Waals surface area contributed by atoms with Crippen LogP contribution in [0.1, 0.15) is 43.9 Å². The molecule has 0 fully saturated rings. The number of hydrogen-bond acceptors (Lipinski definition) is 4. The van der Waals surface area contributed by atoms with Gasteiger partial charge in [0.1, 0.15) is 0 Å². The minimum absolute atomic E-state index is 0.115. The summed E-state index contributed by atoms with van der Waals surface area (Å²) in [5.41, 5.74) is 5.12. The van der Waals surface area contributed by atoms with Gasteiger partial charge in [0.2, 0.25) is 0 Å². The molecule has 0 spiro atoms. The first-order valence-electron chi connectivity index (χ1n) is 5.92. The Kier molecular flexibility index (Phi) is 5.05. The van der Waals surface area contributed by atoms with E-state index in [4.69, 9.17) is 10.6 Å². The maximum absolute atomic E-state index is 5.63. The number of nitrogens with one attached hydrogen (secondary N) is 1. The van der Waals surface area contributed by atoms with E-state index in [2.05, 4.69) is 24.3 Å². The summed E-state index contributed by atoms with van der Waals surface area (Å²) in [5.74, 6) is 5.63. The smallest absolute Gasteiger partial charge is 0.0623 e. The highest BCUT2D eigenvalue weighted by molar-refractivity contribution is 5.25. The van der Waals surface area contributed by atoms with Gasteiger partial charge in [0.05, 0.1) is 5.60 Å². The molecule has 0 aliphatic rings. The van der Waals surface area contributed by atoms with E-state index in [0.29, 0.717) is 0 Å². The summed E-state index contributed by atoms with van der Waals surface area (Å²) in [6, 6.07) is 2.16. The van der Waals surface area contributed by atoms with E-state index in [1.807, 2.05) is 19.2 Å². The van der Waals surface area contributed by atoms with Crippen molar-refractivity contribution in [3.05, 3.63) is 29.6 Å². The van der Waals surface area contributed by atoms with Crippen molar-refractivity contribution < 1.29 is 4.74 Å². The van der Waals surface area contributed by atoms with E-state index in [1.54, 1.807) is 13.3 Å². The zero-order valence-corrected chi connectivity index (χ0v) is 11.2. The Hall–Kier alpha value is -0.970. The SMILES string of the molecule is COC(C)(C)CCC(NN)c1ccncc1C. The molecular formula is C13H23N3O. The van der Waals surface area contributed by atoms with Gasteiger partial charge in [-0.05, 0) is 50.8 Å². The highest BCUT2D eigenvalue weighted by Crippen LogP contribution is 2.25. The van der Waals surface area contributed by atoms with Gasteiger partial charge < -0.3 is 4.74 Å². The summed E-state index contributed by atoms with van der Waals surface area (Å²) in [5, 5.41) is 0. The number of pyridine rings is 1. The summed E-state index contributed by atoms with van der Waals surface area (Å²) in [6.07, 6.45) is 5.54. The quantitative estimate of drug-likeness (QED) is 0.587. The van der Waals surface area contributed by atoms with Gasteiger partial charge >= 0.3 is 0 Å². The molecule has 3 N–H and O–H groups in total. The molecule has 1 rings (SSSR count). The van der Waals surface area contributed by atoms with Crippen molar-refractivity contribution in [1.29, 1.82) is 0 Å². The van der Waals surface area contributed by atoms with Crippen molar-refractivity contribution in [2.75, 3.05) is 7.11 Å². The van der Waals surface area contributed by atoms with E-state index in [9.17, 15) is 0 Å². The predicted octanol–water partition coefficient (Wildman–Crippen LogP) is 2.10. The first-order valence-corrected chi connectivity index (χ1v) is 5.92. The minimum Gasteiger partial charge on any atom is -0.379 e. The topological polar surface area (TPSA) is 60.2 Å². The Balaban J connectivity index is 2.70. The van der Waals surface area contributed by atoms with Gasteiger partial charge in [0.15, 0.2) is 0 Å². The molecule has 4 nitrogen and oxygen atoms in total. The van der Waals surface area contributed by atoms with Crippen LogP contribution in [0.5, 0.6) is 0 Å². The van der Waals surface area contributed by atoms with E-state index in [0.717, 1.165) is 18.4 Å². The van der Waals surface area contributed by atoms with Crippen LogP contribution in [-0.2, 0) is 4.74 Å². The van der Waals surface area contributed by atoms with Crippen LogP contribution in [0.4, 0.5) is 0 Å². The fraction of sp³-hybridized carbons (Fsp3) is 0.615. The molecule has 0 radical (unpaired) electrons. The van der Waals surface area contributed by atoms with E-state index >= 15 is 0 Å². The molecule has 1 aromatic rings. The highest BCUT2D eigenvalue weighted by atomic mass is 16.5. The fourth-order valence-corrected chi connectivity index (χ4v) is 1.80. The van der Waals surface area contributed by atoms with Crippen molar-refractivity contribution in [2.24, 2.45) is 5.84 Å². The Morgan fingerprint density at radius 1 is 1.53 bits per heavy atom. The molecule has 0 amide bonds. The Morgan fingerprint density at radius 2 is 2.24 bits per heavy atom. The van der Waals surface area contributed by atoms with Crippen molar-refractivity contribution in [1.82, 2.24) is 10.4 Å². The number of rotatable bonds is 6. The lowest BCUT2D eigenvalue weighted by atomic mass is 9.94. The number of methoxy groups -OCH3 is 1. The summed E-state index contributed by atoms with van der Waals surface area (Å²) in [4.78, 5) is 4.09. The molecule has 1 heterocycles. The molecular weight excluding hydrogens is 214 g/mol. The van der Waals surface area contributed by atoms with Crippen LogP contribution in [-0.4, -0.2) is 17.7 Å². The van der Waals surface area contributed by atoms with Crippen LogP contribution in [0, 0.1) is 6.92 Å². The van der Waals surface area contributed by atoms with Crippen LogP contribution < -0.4 is 11.3 Å². The maximum atomic E-state index is 5.63. The normalized spacial score (nSPS) is 13.7. The second-order valence-corrected chi connectivity index (χ2v) is 4.95. The first-order chi connectivity index (χ1) is 8.00. The third kappa shape index (κ3) is 4.07. The number of hydrazine groups is 1. The summed E-state index contributed by atoms with van der Waals surface area (Å²) in [7, 11) is 1.74. The largest absolute Gasteiger partial charge is 0.379 e. The van der Waals surface area contributed by atoms with Crippen molar-refractivity contribution in [2.45, 2.75) is 45.3 Å². The predicted molar refractivity (Wildman–Crippen MR) is 69.4 cm³/mol.